The van der Waals surface area contributed by atoms with Crippen molar-refractivity contribution in [1.29, 1.82) is 0 Å². The molecule has 1 N–H and O–H groups in total. The maximum atomic E-state index is 12.3. The van der Waals surface area contributed by atoms with Crippen molar-refractivity contribution in [2.45, 2.75) is 46.6 Å². The molecule has 144 valence electrons. The molecule has 0 spiro atoms. The normalized spacial score (nSPS) is 16.2. The summed E-state index contributed by atoms with van der Waals surface area (Å²) in [5.41, 5.74) is 3.41. The number of hydrogen-bond acceptors (Lipinski definition) is 4. The van der Waals surface area contributed by atoms with Crippen LogP contribution in [0.2, 0.25) is 0 Å². The van der Waals surface area contributed by atoms with E-state index in [4.69, 9.17) is 4.74 Å². The van der Waals surface area contributed by atoms with Crippen LogP contribution in [0.1, 0.15) is 47.1 Å². The Kier molecular flexibility index (Phi) is 5.94. The van der Waals surface area contributed by atoms with Crippen LogP contribution < -0.4 is 10.1 Å². The summed E-state index contributed by atoms with van der Waals surface area (Å²) >= 11 is 0. The quantitative estimate of drug-likeness (QED) is 0.795. The van der Waals surface area contributed by atoms with Gasteiger partial charge >= 0.3 is 0 Å². The Balaban J connectivity index is 1.51. The fourth-order valence-electron chi connectivity index (χ4n) is 3.71. The molecule has 1 aromatic carbocycles. The molecule has 1 amide bonds. The molecule has 0 saturated heterocycles. The van der Waals surface area contributed by atoms with E-state index in [1.807, 2.05) is 32.0 Å². The zero-order valence-electron chi connectivity index (χ0n) is 16.2. The molecular formula is C21H27N3O3. The number of ether oxygens (including phenoxy) is 1. The number of benzene rings is 1. The average Bonchev–Trinajstić information content (AvgIpc) is 2.80. The van der Waals surface area contributed by atoms with Crippen molar-refractivity contribution in [3.8, 4) is 5.75 Å². The molecule has 1 aliphatic rings. The summed E-state index contributed by atoms with van der Waals surface area (Å²) in [6.07, 6.45) is 2.18. The van der Waals surface area contributed by atoms with E-state index < -0.39 is 0 Å². The van der Waals surface area contributed by atoms with Gasteiger partial charge < -0.3 is 10.1 Å². The molecule has 0 radical (unpaired) electrons. The van der Waals surface area contributed by atoms with Crippen LogP contribution >= 0.6 is 0 Å². The summed E-state index contributed by atoms with van der Waals surface area (Å²) < 4.78 is 7.54. The number of aryl methyl sites for hydroxylation is 2. The summed E-state index contributed by atoms with van der Waals surface area (Å²) in [5.74, 6) is 1.34. The van der Waals surface area contributed by atoms with Crippen LogP contribution in [0.15, 0.2) is 24.3 Å². The minimum atomic E-state index is 0.00498. The Labute approximate surface area is 159 Å². The molecule has 2 aromatic rings. The lowest BCUT2D eigenvalue weighted by Gasteiger charge is -2.15. The standard InChI is InChI=1S/C21H27N3O3/c1-14-21(16(3)25)15(2)24(23-14)10-8-20(26)22-13-17-9-11-27-19-7-5-4-6-18(19)12-17/h4-7,17H,8-13H2,1-3H3,(H,22,26). The number of rotatable bonds is 6. The minimum absolute atomic E-state index is 0.00498. The largest absolute Gasteiger partial charge is 0.493 e. The summed E-state index contributed by atoms with van der Waals surface area (Å²) in [7, 11) is 0. The number of ketones is 1. The summed E-state index contributed by atoms with van der Waals surface area (Å²) in [4.78, 5) is 24.0. The second-order valence-corrected chi connectivity index (χ2v) is 7.19. The van der Waals surface area contributed by atoms with Gasteiger partial charge in [0.25, 0.3) is 0 Å². The third kappa shape index (κ3) is 4.56. The van der Waals surface area contributed by atoms with Crippen LogP contribution in [0.25, 0.3) is 0 Å². The second-order valence-electron chi connectivity index (χ2n) is 7.19. The smallest absolute Gasteiger partial charge is 0.221 e. The molecular weight excluding hydrogens is 342 g/mol. The van der Waals surface area contributed by atoms with Crippen LogP contribution in [0.5, 0.6) is 5.75 Å². The molecule has 1 atom stereocenters. The number of amides is 1. The first-order valence-electron chi connectivity index (χ1n) is 9.48. The van der Waals surface area contributed by atoms with E-state index >= 15 is 0 Å². The second kappa shape index (κ2) is 8.37. The Bertz CT molecular complexity index is 841. The summed E-state index contributed by atoms with van der Waals surface area (Å²) in [5, 5.41) is 7.43. The lowest BCUT2D eigenvalue weighted by Crippen LogP contribution is -2.31. The van der Waals surface area contributed by atoms with Gasteiger partial charge in [0.05, 0.1) is 17.9 Å². The third-order valence-electron chi connectivity index (χ3n) is 5.14. The van der Waals surface area contributed by atoms with Gasteiger partial charge in [-0.3, -0.25) is 14.3 Å². The zero-order valence-corrected chi connectivity index (χ0v) is 16.2. The number of para-hydroxylation sites is 1. The number of Topliss-reactive ketones (excluding diaryl/α,β-unsaturated/α-hetero) is 1. The zero-order chi connectivity index (χ0) is 19.4. The van der Waals surface area contributed by atoms with Crippen LogP contribution in [0, 0.1) is 19.8 Å². The number of carbonyl (C=O) groups excluding carboxylic acids is 2. The molecule has 0 aliphatic carbocycles. The molecule has 1 unspecified atom stereocenters. The van der Waals surface area contributed by atoms with Crippen LogP contribution in [-0.2, 0) is 17.8 Å². The minimum Gasteiger partial charge on any atom is -0.493 e. The van der Waals surface area contributed by atoms with E-state index in [1.165, 1.54) is 5.56 Å². The highest BCUT2D eigenvalue weighted by molar-refractivity contribution is 5.96. The molecule has 27 heavy (non-hydrogen) atoms. The van der Waals surface area contributed by atoms with Gasteiger partial charge in [-0.05, 0) is 51.2 Å². The summed E-state index contributed by atoms with van der Waals surface area (Å²) in [6.45, 7) is 7.04. The molecule has 0 bridgehead atoms. The number of fused-ring (bicyclic) bond motifs is 1. The SMILES string of the molecule is CC(=O)c1c(C)nn(CCC(=O)NCC2CCOc3ccccc3C2)c1C. The number of nitrogens with one attached hydrogen (secondary N) is 1. The van der Waals surface area contributed by atoms with Crippen molar-refractivity contribution in [1.82, 2.24) is 15.1 Å². The van der Waals surface area contributed by atoms with Gasteiger partial charge in [-0.1, -0.05) is 18.2 Å². The fourth-order valence-corrected chi connectivity index (χ4v) is 3.71. The van der Waals surface area contributed by atoms with Crippen molar-refractivity contribution >= 4 is 11.7 Å². The van der Waals surface area contributed by atoms with Gasteiger partial charge in [0.15, 0.2) is 5.78 Å². The van der Waals surface area contributed by atoms with E-state index in [-0.39, 0.29) is 11.7 Å². The molecule has 0 fully saturated rings. The number of carbonyl (C=O) groups is 2. The van der Waals surface area contributed by atoms with E-state index in [9.17, 15) is 9.59 Å². The molecule has 3 rings (SSSR count). The Morgan fingerprint density at radius 3 is 2.81 bits per heavy atom. The van der Waals surface area contributed by atoms with E-state index in [0.29, 0.717) is 37.6 Å². The highest BCUT2D eigenvalue weighted by Crippen LogP contribution is 2.26. The maximum Gasteiger partial charge on any atom is 0.221 e. The Hall–Kier alpha value is -2.63. The van der Waals surface area contributed by atoms with Crippen LogP contribution in [-0.4, -0.2) is 34.6 Å². The Morgan fingerprint density at radius 1 is 1.30 bits per heavy atom. The van der Waals surface area contributed by atoms with Crippen LogP contribution in [0.4, 0.5) is 0 Å². The van der Waals surface area contributed by atoms with Gasteiger partial charge in [0.2, 0.25) is 5.91 Å². The average molecular weight is 369 g/mol. The van der Waals surface area contributed by atoms with E-state index in [1.54, 1.807) is 11.6 Å². The molecule has 1 aliphatic heterocycles. The van der Waals surface area contributed by atoms with Crippen molar-refractivity contribution < 1.29 is 14.3 Å². The predicted octanol–water partition coefficient (Wildman–Crippen LogP) is 2.85. The van der Waals surface area contributed by atoms with E-state index in [0.717, 1.165) is 30.0 Å². The number of aromatic nitrogens is 2. The van der Waals surface area contributed by atoms with Crippen LogP contribution in [0.3, 0.4) is 0 Å². The lowest BCUT2D eigenvalue weighted by atomic mass is 9.97. The number of hydrogen-bond donors (Lipinski definition) is 1. The first kappa shape index (κ1) is 19.1. The molecule has 2 heterocycles. The van der Waals surface area contributed by atoms with E-state index in [2.05, 4.69) is 16.5 Å². The highest BCUT2D eigenvalue weighted by Gasteiger charge is 2.19. The molecule has 0 saturated carbocycles. The predicted molar refractivity (Wildman–Crippen MR) is 103 cm³/mol. The first-order chi connectivity index (χ1) is 13.0. The monoisotopic (exact) mass is 369 g/mol. The third-order valence-corrected chi connectivity index (χ3v) is 5.14. The molecule has 6 nitrogen and oxygen atoms in total. The fraction of sp³-hybridized carbons (Fsp3) is 0.476. The molecule has 1 aromatic heterocycles. The van der Waals surface area contributed by atoms with Gasteiger partial charge in [-0.25, -0.2) is 0 Å². The van der Waals surface area contributed by atoms with Gasteiger partial charge in [-0.15, -0.1) is 0 Å². The lowest BCUT2D eigenvalue weighted by molar-refractivity contribution is -0.121. The topological polar surface area (TPSA) is 73.2 Å². The maximum absolute atomic E-state index is 12.3. The van der Waals surface area contributed by atoms with Gasteiger partial charge in [0.1, 0.15) is 5.75 Å². The van der Waals surface area contributed by atoms with Crippen molar-refractivity contribution in [3.63, 3.8) is 0 Å². The number of nitrogens with zero attached hydrogens (tertiary/aromatic N) is 2. The Morgan fingerprint density at radius 2 is 2.07 bits per heavy atom. The van der Waals surface area contributed by atoms with Gasteiger partial charge in [0, 0.05) is 25.2 Å². The molecule has 6 heteroatoms. The first-order valence-corrected chi connectivity index (χ1v) is 9.48. The van der Waals surface area contributed by atoms with Gasteiger partial charge in [-0.2, -0.15) is 5.10 Å². The highest BCUT2D eigenvalue weighted by atomic mass is 16.5. The summed E-state index contributed by atoms with van der Waals surface area (Å²) in [6, 6.07) is 8.09. The van der Waals surface area contributed by atoms with Crippen molar-refractivity contribution in [3.05, 3.63) is 46.8 Å². The van der Waals surface area contributed by atoms with Crippen molar-refractivity contribution in [2.75, 3.05) is 13.2 Å². The van der Waals surface area contributed by atoms with Crippen molar-refractivity contribution in [2.24, 2.45) is 5.92 Å².